The van der Waals surface area contributed by atoms with Crippen molar-refractivity contribution >= 4 is 37.4 Å². The summed E-state index contributed by atoms with van der Waals surface area (Å²) >= 11 is 1.55. The van der Waals surface area contributed by atoms with Gasteiger partial charge in [-0.05, 0) is 44.0 Å². The number of carbonyl (C=O) groups is 1. The first kappa shape index (κ1) is 21.8. The first-order valence-corrected chi connectivity index (χ1v) is 11.2. The predicted octanol–water partition coefficient (Wildman–Crippen LogP) is 3.86. The Morgan fingerprint density at radius 1 is 1.16 bits per heavy atom. The molecule has 4 rings (SSSR count). The molecule has 0 aliphatic carbocycles. The summed E-state index contributed by atoms with van der Waals surface area (Å²) in [6.45, 7) is 3.99. The minimum Gasteiger partial charge on any atom is -0.493 e. The monoisotopic (exact) mass is 451 g/mol. The molecule has 166 valence electrons. The average Bonchev–Trinajstić information content (AvgIpc) is 3.21. The van der Waals surface area contributed by atoms with E-state index in [0.717, 1.165) is 26.0 Å². The van der Waals surface area contributed by atoms with E-state index >= 15 is 0 Å². The number of amides is 1. The van der Waals surface area contributed by atoms with Crippen LogP contribution in [-0.2, 0) is 11.2 Å². The lowest BCUT2D eigenvalue weighted by molar-refractivity contribution is -0.124. The second-order valence-electron chi connectivity index (χ2n) is 7.54. The Morgan fingerprint density at radius 2 is 1.91 bits per heavy atom. The van der Waals surface area contributed by atoms with Gasteiger partial charge in [0, 0.05) is 16.6 Å². The fraction of sp³-hybridized carbons (Fsp3) is 0.292. The van der Waals surface area contributed by atoms with Gasteiger partial charge in [-0.15, -0.1) is 11.3 Å². The van der Waals surface area contributed by atoms with Crippen LogP contribution < -0.4 is 20.3 Å². The molecule has 0 fully saturated rings. The van der Waals surface area contributed by atoms with Gasteiger partial charge in [-0.3, -0.25) is 9.59 Å². The number of nitrogens with one attached hydrogen (secondary N) is 1. The molecule has 8 heteroatoms. The molecule has 0 aliphatic heterocycles. The van der Waals surface area contributed by atoms with Gasteiger partial charge in [0.2, 0.25) is 5.91 Å². The number of aryl methyl sites for hydroxylation is 1. The number of ether oxygens (including phenoxy) is 2. The van der Waals surface area contributed by atoms with E-state index in [0.29, 0.717) is 29.9 Å². The molecule has 2 aromatic heterocycles. The second kappa shape index (κ2) is 9.00. The maximum Gasteiger partial charge on any atom is 0.276 e. The lowest BCUT2D eigenvalue weighted by Gasteiger charge is -2.15. The molecule has 2 aromatic carbocycles. The molecular formula is C24H25N3O4S. The van der Waals surface area contributed by atoms with Gasteiger partial charge in [0.15, 0.2) is 11.5 Å². The number of thiophene rings is 1. The van der Waals surface area contributed by atoms with E-state index in [1.807, 2.05) is 49.4 Å². The summed E-state index contributed by atoms with van der Waals surface area (Å²) in [5.74, 6) is 1.05. The first-order chi connectivity index (χ1) is 15.4. The molecule has 0 aliphatic rings. The fourth-order valence-electron chi connectivity index (χ4n) is 3.77. The zero-order valence-corrected chi connectivity index (χ0v) is 19.3. The average molecular weight is 452 g/mol. The van der Waals surface area contributed by atoms with E-state index in [4.69, 9.17) is 9.47 Å². The number of benzene rings is 2. The molecule has 4 aromatic rings. The third-order valence-electron chi connectivity index (χ3n) is 5.51. The molecule has 32 heavy (non-hydrogen) atoms. The van der Waals surface area contributed by atoms with Crippen molar-refractivity contribution in [1.82, 2.24) is 15.1 Å². The second-order valence-corrected chi connectivity index (χ2v) is 8.60. The van der Waals surface area contributed by atoms with Gasteiger partial charge in [-0.2, -0.15) is 5.10 Å². The van der Waals surface area contributed by atoms with Crippen LogP contribution in [0.15, 0.2) is 47.3 Å². The number of aromatic nitrogens is 2. The van der Waals surface area contributed by atoms with E-state index in [1.54, 1.807) is 32.5 Å². The molecule has 0 radical (unpaired) electrons. The van der Waals surface area contributed by atoms with E-state index in [9.17, 15) is 9.59 Å². The van der Waals surface area contributed by atoms with Crippen LogP contribution in [0.25, 0.3) is 20.2 Å². The maximum absolute atomic E-state index is 13.2. The Kier molecular flexibility index (Phi) is 6.14. The molecule has 2 heterocycles. The largest absolute Gasteiger partial charge is 0.493 e. The van der Waals surface area contributed by atoms with E-state index < -0.39 is 6.04 Å². The highest BCUT2D eigenvalue weighted by atomic mass is 32.1. The summed E-state index contributed by atoms with van der Waals surface area (Å²) in [5, 5.41) is 8.89. The molecule has 1 unspecified atom stereocenters. The third-order valence-corrected chi connectivity index (χ3v) is 6.79. The van der Waals surface area contributed by atoms with Crippen LogP contribution in [0, 0.1) is 6.92 Å². The molecule has 0 spiro atoms. The smallest absolute Gasteiger partial charge is 0.276 e. The van der Waals surface area contributed by atoms with Crippen molar-refractivity contribution in [3.05, 3.63) is 64.1 Å². The van der Waals surface area contributed by atoms with Gasteiger partial charge in [0.25, 0.3) is 5.56 Å². The van der Waals surface area contributed by atoms with Gasteiger partial charge >= 0.3 is 0 Å². The van der Waals surface area contributed by atoms with Crippen LogP contribution in [0.1, 0.15) is 24.2 Å². The van der Waals surface area contributed by atoms with Crippen LogP contribution in [0.4, 0.5) is 0 Å². The third kappa shape index (κ3) is 3.93. The minimum atomic E-state index is -0.727. The number of rotatable bonds is 7. The van der Waals surface area contributed by atoms with E-state index in [1.165, 1.54) is 4.68 Å². The number of methoxy groups -OCH3 is 2. The molecule has 0 saturated carbocycles. The van der Waals surface area contributed by atoms with E-state index in [2.05, 4.69) is 10.4 Å². The molecule has 0 bridgehead atoms. The minimum absolute atomic E-state index is 0.245. The lowest BCUT2D eigenvalue weighted by atomic mass is 10.1. The SMILES string of the molecule is COc1ccc(CCNC(=O)C(C)n2nc(C)c3sc4ccccc4c3c2=O)cc1OC. The number of nitrogens with zero attached hydrogens (tertiary/aromatic N) is 2. The van der Waals surface area contributed by atoms with Crippen molar-refractivity contribution in [3.8, 4) is 11.5 Å². The first-order valence-electron chi connectivity index (χ1n) is 10.3. The Balaban J connectivity index is 1.52. The molecule has 1 atom stereocenters. The molecule has 0 saturated heterocycles. The Hall–Kier alpha value is -3.39. The van der Waals surface area contributed by atoms with Crippen molar-refractivity contribution in [3.63, 3.8) is 0 Å². The van der Waals surface area contributed by atoms with Crippen molar-refractivity contribution < 1.29 is 14.3 Å². The number of carbonyl (C=O) groups excluding carboxylic acids is 1. The molecular weight excluding hydrogens is 426 g/mol. The van der Waals surface area contributed by atoms with Crippen LogP contribution in [-0.4, -0.2) is 36.5 Å². The van der Waals surface area contributed by atoms with Gasteiger partial charge in [0.05, 0.1) is 30.0 Å². The van der Waals surface area contributed by atoms with Crippen LogP contribution in [0.2, 0.25) is 0 Å². The van der Waals surface area contributed by atoms with Gasteiger partial charge in [-0.1, -0.05) is 24.3 Å². The summed E-state index contributed by atoms with van der Waals surface area (Å²) < 4.78 is 13.8. The van der Waals surface area contributed by atoms with Crippen LogP contribution in [0.5, 0.6) is 11.5 Å². The molecule has 1 N–H and O–H groups in total. The summed E-state index contributed by atoms with van der Waals surface area (Å²) in [5.41, 5.74) is 1.50. The molecule has 7 nitrogen and oxygen atoms in total. The number of hydrogen-bond donors (Lipinski definition) is 1. The van der Waals surface area contributed by atoms with Crippen molar-refractivity contribution in [2.45, 2.75) is 26.3 Å². The maximum atomic E-state index is 13.2. The zero-order valence-electron chi connectivity index (χ0n) is 18.5. The topological polar surface area (TPSA) is 82.5 Å². The summed E-state index contributed by atoms with van der Waals surface area (Å²) in [7, 11) is 3.18. The zero-order chi connectivity index (χ0) is 22.8. The van der Waals surface area contributed by atoms with Crippen molar-refractivity contribution in [2.75, 3.05) is 20.8 Å². The molecule has 1 amide bonds. The quantitative estimate of drug-likeness (QED) is 0.461. The van der Waals surface area contributed by atoms with Gasteiger partial charge in [-0.25, -0.2) is 4.68 Å². The highest BCUT2D eigenvalue weighted by Gasteiger charge is 2.21. The highest BCUT2D eigenvalue weighted by Crippen LogP contribution is 2.33. The van der Waals surface area contributed by atoms with Gasteiger partial charge in [0.1, 0.15) is 6.04 Å². The van der Waals surface area contributed by atoms with Crippen LogP contribution >= 0.6 is 11.3 Å². The lowest BCUT2D eigenvalue weighted by Crippen LogP contribution is -2.38. The standard InChI is InChI=1S/C24H25N3O4S/c1-14-22-21(17-7-5-6-8-20(17)32-22)24(29)27(26-14)15(2)23(28)25-12-11-16-9-10-18(30-3)19(13-16)31-4/h5-10,13,15H,11-12H2,1-4H3,(H,25,28). The van der Waals surface area contributed by atoms with E-state index in [-0.39, 0.29) is 11.5 Å². The normalized spacial score (nSPS) is 12.1. The Bertz CT molecular complexity index is 1360. The van der Waals surface area contributed by atoms with Crippen LogP contribution in [0.3, 0.4) is 0 Å². The predicted molar refractivity (Wildman–Crippen MR) is 127 cm³/mol. The number of hydrogen-bond acceptors (Lipinski definition) is 6. The highest BCUT2D eigenvalue weighted by molar-refractivity contribution is 7.26. The number of fused-ring (bicyclic) bond motifs is 3. The summed E-state index contributed by atoms with van der Waals surface area (Å²) in [4.78, 5) is 26.0. The van der Waals surface area contributed by atoms with Crippen molar-refractivity contribution in [2.24, 2.45) is 0 Å². The summed E-state index contributed by atoms with van der Waals surface area (Å²) in [6.07, 6.45) is 0.619. The Morgan fingerprint density at radius 3 is 2.66 bits per heavy atom. The fourth-order valence-corrected chi connectivity index (χ4v) is 4.90. The Labute approximate surface area is 189 Å². The van der Waals surface area contributed by atoms with Crippen molar-refractivity contribution in [1.29, 1.82) is 0 Å². The summed E-state index contributed by atoms with van der Waals surface area (Å²) in [6, 6.07) is 12.7. The van der Waals surface area contributed by atoms with Gasteiger partial charge < -0.3 is 14.8 Å².